The van der Waals surface area contributed by atoms with Crippen LogP contribution in [-0.2, 0) is 11.8 Å². The Labute approximate surface area is 95.7 Å². The Morgan fingerprint density at radius 3 is 2.44 bits per heavy atom. The first-order valence-corrected chi connectivity index (χ1v) is 5.47. The van der Waals surface area contributed by atoms with E-state index in [0.717, 1.165) is 5.69 Å². The Morgan fingerprint density at radius 2 is 2.12 bits per heavy atom. The Bertz CT molecular complexity index is 369. The molecule has 0 fully saturated rings. The second-order valence-electron chi connectivity index (χ2n) is 3.79. The number of nitrogens with zero attached hydrogens (tertiary/aromatic N) is 3. The third-order valence-electron chi connectivity index (χ3n) is 2.94. The zero-order valence-electron chi connectivity index (χ0n) is 10.3. The van der Waals surface area contributed by atoms with Crippen LogP contribution in [0.4, 0.5) is 0 Å². The van der Waals surface area contributed by atoms with E-state index in [1.165, 1.54) is 0 Å². The van der Waals surface area contributed by atoms with Gasteiger partial charge in [0.05, 0.1) is 12.0 Å². The van der Waals surface area contributed by atoms with Crippen molar-refractivity contribution in [3.8, 4) is 0 Å². The summed E-state index contributed by atoms with van der Waals surface area (Å²) in [7, 11) is 1.87. The lowest BCUT2D eigenvalue weighted by atomic mass is 10.1. The Kier molecular flexibility index (Phi) is 4.06. The van der Waals surface area contributed by atoms with Gasteiger partial charge in [0.15, 0.2) is 6.04 Å². The van der Waals surface area contributed by atoms with Crippen LogP contribution in [0.1, 0.15) is 31.3 Å². The summed E-state index contributed by atoms with van der Waals surface area (Å²) < 4.78 is 1.84. The van der Waals surface area contributed by atoms with E-state index in [1.54, 1.807) is 6.33 Å². The number of imidazole rings is 1. The predicted molar refractivity (Wildman–Crippen MR) is 61.2 cm³/mol. The molecule has 0 saturated heterocycles. The van der Waals surface area contributed by atoms with Crippen molar-refractivity contribution in [2.75, 3.05) is 13.1 Å². The average Bonchev–Trinajstić information content (AvgIpc) is 2.56. The topological polar surface area (TPSA) is 58.4 Å². The van der Waals surface area contributed by atoms with E-state index in [4.69, 9.17) is 0 Å². The van der Waals surface area contributed by atoms with Crippen LogP contribution in [-0.4, -0.2) is 38.6 Å². The summed E-state index contributed by atoms with van der Waals surface area (Å²) in [5, 5.41) is 9.30. The number of hydrogen-bond donors (Lipinski definition) is 1. The molecule has 0 radical (unpaired) electrons. The van der Waals surface area contributed by atoms with Crippen molar-refractivity contribution in [3.05, 3.63) is 17.7 Å². The number of aryl methyl sites for hydroxylation is 1. The maximum Gasteiger partial charge on any atom is 0.327 e. The SMILES string of the molecule is CCN(CC)C(C(=O)O)c1ncn(C)c1C. The zero-order chi connectivity index (χ0) is 12.3. The van der Waals surface area contributed by atoms with Gasteiger partial charge in [-0.3, -0.25) is 9.69 Å². The van der Waals surface area contributed by atoms with Crippen molar-refractivity contribution >= 4 is 5.97 Å². The van der Waals surface area contributed by atoms with Crippen molar-refractivity contribution in [1.82, 2.24) is 14.5 Å². The lowest BCUT2D eigenvalue weighted by Gasteiger charge is -2.25. The van der Waals surface area contributed by atoms with Crippen molar-refractivity contribution in [3.63, 3.8) is 0 Å². The number of carbonyl (C=O) groups is 1. The highest BCUT2D eigenvalue weighted by Gasteiger charge is 2.29. The van der Waals surface area contributed by atoms with Crippen LogP contribution < -0.4 is 0 Å². The second-order valence-corrected chi connectivity index (χ2v) is 3.79. The van der Waals surface area contributed by atoms with Gasteiger partial charge in [0.1, 0.15) is 0 Å². The lowest BCUT2D eigenvalue weighted by Crippen LogP contribution is -2.34. The number of carboxylic acid groups (broad SMARTS) is 1. The van der Waals surface area contributed by atoms with Gasteiger partial charge < -0.3 is 9.67 Å². The minimum atomic E-state index is -0.842. The number of rotatable bonds is 5. The van der Waals surface area contributed by atoms with Gasteiger partial charge in [-0.1, -0.05) is 13.8 Å². The molecule has 5 nitrogen and oxygen atoms in total. The van der Waals surface area contributed by atoms with Crippen LogP contribution in [0.15, 0.2) is 6.33 Å². The number of aliphatic carboxylic acids is 1. The molecule has 0 aliphatic rings. The maximum atomic E-state index is 11.3. The minimum absolute atomic E-state index is 0.638. The molecule has 0 aromatic carbocycles. The Hall–Kier alpha value is -1.36. The number of hydrogen-bond acceptors (Lipinski definition) is 3. The van der Waals surface area contributed by atoms with Gasteiger partial charge in [0, 0.05) is 12.7 Å². The summed E-state index contributed by atoms with van der Waals surface area (Å²) in [5.74, 6) is -0.842. The van der Waals surface area contributed by atoms with Crippen LogP contribution in [0.2, 0.25) is 0 Å². The summed E-state index contributed by atoms with van der Waals surface area (Å²) >= 11 is 0. The van der Waals surface area contributed by atoms with Gasteiger partial charge in [0.25, 0.3) is 0 Å². The Morgan fingerprint density at radius 1 is 1.56 bits per heavy atom. The van der Waals surface area contributed by atoms with Crippen LogP contribution in [0.3, 0.4) is 0 Å². The molecule has 0 bridgehead atoms. The van der Waals surface area contributed by atoms with Gasteiger partial charge in [0.2, 0.25) is 0 Å². The first-order valence-electron chi connectivity index (χ1n) is 5.47. The van der Waals surface area contributed by atoms with Crippen molar-refractivity contribution in [1.29, 1.82) is 0 Å². The number of likely N-dealkylation sites (N-methyl/N-ethyl adjacent to an activating group) is 1. The largest absolute Gasteiger partial charge is 0.480 e. The molecule has 0 spiro atoms. The molecule has 5 heteroatoms. The highest BCUT2D eigenvalue weighted by molar-refractivity contribution is 5.75. The fourth-order valence-corrected chi connectivity index (χ4v) is 1.81. The first kappa shape index (κ1) is 12.7. The highest BCUT2D eigenvalue weighted by atomic mass is 16.4. The van der Waals surface area contributed by atoms with Crippen LogP contribution in [0.25, 0.3) is 0 Å². The van der Waals surface area contributed by atoms with Crippen molar-refractivity contribution in [2.45, 2.75) is 26.8 Å². The molecule has 1 rings (SSSR count). The highest BCUT2D eigenvalue weighted by Crippen LogP contribution is 2.22. The molecule has 0 aliphatic carbocycles. The third kappa shape index (κ3) is 2.24. The van der Waals surface area contributed by atoms with Gasteiger partial charge in [-0.25, -0.2) is 4.98 Å². The number of carboxylic acids is 1. The van der Waals surface area contributed by atoms with Crippen molar-refractivity contribution in [2.24, 2.45) is 7.05 Å². The van der Waals surface area contributed by atoms with E-state index < -0.39 is 12.0 Å². The molecule has 16 heavy (non-hydrogen) atoms. The molecular weight excluding hydrogens is 206 g/mol. The third-order valence-corrected chi connectivity index (χ3v) is 2.94. The summed E-state index contributed by atoms with van der Waals surface area (Å²) in [5.41, 5.74) is 1.54. The standard InChI is InChI=1S/C11H19N3O2/c1-5-14(6-2)10(11(15)16)9-8(3)13(4)7-12-9/h7,10H,5-6H2,1-4H3,(H,15,16). The fraction of sp³-hybridized carbons (Fsp3) is 0.636. The molecule has 1 atom stereocenters. The van der Waals surface area contributed by atoms with Crippen molar-refractivity contribution < 1.29 is 9.90 Å². The van der Waals surface area contributed by atoms with Gasteiger partial charge >= 0.3 is 5.97 Å². The molecular formula is C11H19N3O2. The molecule has 1 unspecified atom stereocenters. The summed E-state index contributed by atoms with van der Waals surface area (Å²) in [6.45, 7) is 7.20. The summed E-state index contributed by atoms with van der Waals surface area (Å²) in [6.07, 6.45) is 1.66. The molecule has 1 heterocycles. The fourth-order valence-electron chi connectivity index (χ4n) is 1.81. The van der Waals surface area contributed by atoms with E-state index in [1.807, 2.05) is 37.3 Å². The smallest absolute Gasteiger partial charge is 0.327 e. The monoisotopic (exact) mass is 225 g/mol. The van der Waals surface area contributed by atoms with Gasteiger partial charge in [-0.05, 0) is 20.0 Å². The molecule has 1 aromatic rings. The molecule has 1 aromatic heterocycles. The maximum absolute atomic E-state index is 11.3. The molecule has 1 N–H and O–H groups in total. The van der Waals surface area contributed by atoms with E-state index >= 15 is 0 Å². The summed E-state index contributed by atoms with van der Waals surface area (Å²) in [6, 6.07) is -0.642. The van der Waals surface area contributed by atoms with Crippen LogP contribution >= 0.6 is 0 Å². The number of aromatic nitrogens is 2. The molecule has 90 valence electrons. The van der Waals surface area contributed by atoms with Crippen LogP contribution in [0, 0.1) is 6.92 Å². The minimum Gasteiger partial charge on any atom is -0.480 e. The average molecular weight is 225 g/mol. The van der Waals surface area contributed by atoms with E-state index in [9.17, 15) is 9.90 Å². The van der Waals surface area contributed by atoms with Crippen LogP contribution in [0.5, 0.6) is 0 Å². The van der Waals surface area contributed by atoms with Gasteiger partial charge in [-0.15, -0.1) is 0 Å². The molecule has 0 aliphatic heterocycles. The normalized spacial score (nSPS) is 13.1. The first-order chi connectivity index (χ1) is 7.52. The van der Waals surface area contributed by atoms with E-state index in [0.29, 0.717) is 18.8 Å². The predicted octanol–water partition coefficient (Wildman–Crippen LogP) is 1.20. The Balaban J connectivity index is 3.12. The zero-order valence-corrected chi connectivity index (χ0v) is 10.3. The quantitative estimate of drug-likeness (QED) is 0.818. The van der Waals surface area contributed by atoms with Gasteiger partial charge in [-0.2, -0.15) is 0 Å². The second kappa shape index (κ2) is 5.12. The molecule has 0 saturated carbocycles. The van der Waals surface area contributed by atoms with E-state index in [2.05, 4.69) is 4.98 Å². The molecule has 0 amide bonds. The lowest BCUT2D eigenvalue weighted by molar-refractivity contribution is -0.143. The van der Waals surface area contributed by atoms with E-state index in [-0.39, 0.29) is 0 Å². The summed E-state index contributed by atoms with van der Waals surface area (Å²) in [4.78, 5) is 17.4.